The van der Waals surface area contributed by atoms with Gasteiger partial charge in [-0.2, -0.15) is 4.98 Å². The maximum absolute atomic E-state index is 9.22. The third-order valence-electron chi connectivity index (χ3n) is 4.46. The average Bonchev–Trinajstić information content (AvgIpc) is 3.18. The lowest BCUT2D eigenvalue weighted by molar-refractivity contribution is 0.160. The van der Waals surface area contributed by atoms with Gasteiger partial charge in [0.2, 0.25) is 5.89 Å². The van der Waals surface area contributed by atoms with Crippen LogP contribution in [0, 0.1) is 0 Å². The minimum absolute atomic E-state index is 0.207. The van der Waals surface area contributed by atoms with Gasteiger partial charge in [0.1, 0.15) is 0 Å². The minimum Gasteiger partial charge on any atom is -0.396 e. The molecule has 0 amide bonds. The van der Waals surface area contributed by atoms with Crippen LogP contribution in [0.15, 0.2) is 28.8 Å². The highest BCUT2D eigenvalue weighted by atomic mass is 16.5. The van der Waals surface area contributed by atoms with E-state index in [1.807, 2.05) is 0 Å². The number of aliphatic hydroxyl groups is 1. The van der Waals surface area contributed by atoms with Crippen molar-refractivity contribution in [2.75, 3.05) is 13.2 Å². The number of nitrogens with zero attached hydrogens (tertiary/aromatic N) is 3. The first kappa shape index (κ1) is 16.1. The van der Waals surface area contributed by atoms with E-state index in [4.69, 9.17) is 4.52 Å². The number of aromatic nitrogens is 2. The maximum atomic E-state index is 9.22. The summed E-state index contributed by atoms with van der Waals surface area (Å²) in [5.74, 6) is 1.47. The van der Waals surface area contributed by atoms with Crippen molar-refractivity contribution in [1.29, 1.82) is 0 Å². The van der Waals surface area contributed by atoms with E-state index in [2.05, 4.69) is 46.2 Å². The number of hydrogen-bond donors (Lipinski definition) is 1. The number of fused-ring (bicyclic) bond motifs is 1. The second-order valence-corrected chi connectivity index (χ2v) is 6.16. The van der Waals surface area contributed by atoms with Crippen molar-refractivity contribution in [1.82, 2.24) is 15.0 Å². The summed E-state index contributed by atoms with van der Waals surface area (Å²) >= 11 is 0. The number of rotatable bonds is 8. The monoisotopic (exact) mass is 315 g/mol. The van der Waals surface area contributed by atoms with E-state index >= 15 is 0 Å². The molecule has 1 unspecified atom stereocenters. The molecule has 0 radical (unpaired) electrons. The van der Waals surface area contributed by atoms with Gasteiger partial charge in [-0.1, -0.05) is 36.3 Å². The predicted molar refractivity (Wildman–Crippen MR) is 87.9 cm³/mol. The Morgan fingerprint density at radius 2 is 2.22 bits per heavy atom. The standard InChI is InChI=1S/C18H25N3O2/c1-2-6-18-19-17(20-23-18)13-21(11-5-12-22)16-10-9-14-7-3-4-8-15(14)16/h3-4,7-8,16,22H,2,5-6,9-13H2,1H3. The van der Waals surface area contributed by atoms with Gasteiger partial charge in [-0.25, -0.2) is 0 Å². The van der Waals surface area contributed by atoms with E-state index in [0.717, 1.165) is 50.4 Å². The van der Waals surface area contributed by atoms with Gasteiger partial charge in [0.15, 0.2) is 5.82 Å². The van der Waals surface area contributed by atoms with Crippen LogP contribution < -0.4 is 0 Å². The van der Waals surface area contributed by atoms with E-state index in [0.29, 0.717) is 12.6 Å². The lowest BCUT2D eigenvalue weighted by atomic mass is 10.1. The van der Waals surface area contributed by atoms with Gasteiger partial charge in [-0.05, 0) is 36.8 Å². The van der Waals surface area contributed by atoms with Crippen molar-refractivity contribution in [2.24, 2.45) is 0 Å². The van der Waals surface area contributed by atoms with Crippen LogP contribution >= 0.6 is 0 Å². The fourth-order valence-corrected chi connectivity index (χ4v) is 3.38. The second kappa shape index (κ2) is 7.70. The van der Waals surface area contributed by atoms with Crippen LogP contribution in [-0.4, -0.2) is 33.3 Å². The Morgan fingerprint density at radius 1 is 1.35 bits per heavy atom. The molecule has 1 aliphatic carbocycles. The molecule has 0 saturated carbocycles. The van der Waals surface area contributed by atoms with E-state index in [9.17, 15) is 5.11 Å². The van der Waals surface area contributed by atoms with Crippen LogP contribution in [0.2, 0.25) is 0 Å². The van der Waals surface area contributed by atoms with Crippen molar-refractivity contribution < 1.29 is 9.63 Å². The van der Waals surface area contributed by atoms with Crippen molar-refractivity contribution in [3.8, 4) is 0 Å². The molecule has 1 aromatic carbocycles. The van der Waals surface area contributed by atoms with Gasteiger partial charge < -0.3 is 9.63 Å². The van der Waals surface area contributed by atoms with Gasteiger partial charge in [0.05, 0.1) is 6.54 Å². The molecule has 5 heteroatoms. The van der Waals surface area contributed by atoms with Gasteiger partial charge in [0.25, 0.3) is 0 Å². The first-order valence-electron chi connectivity index (χ1n) is 8.56. The second-order valence-electron chi connectivity index (χ2n) is 6.16. The third-order valence-corrected chi connectivity index (χ3v) is 4.46. The molecule has 2 aromatic rings. The van der Waals surface area contributed by atoms with Crippen LogP contribution in [0.1, 0.15) is 55.1 Å². The molecule has 0 aliphatic heterocycles. The molecular formula is C18H25N3O2. The average molecular weight is 315 g/mol. The molecule has 1 atom stereocenters. The number of benzene rings is 1. The van der Waals surface area contributed by atoms with Crippen molar-refractivity contribution in [2.45, 2.75) is 51.6 Å². The molecule has 124 valence electrons. The van der Waals surface area contributed by atoms with Crippen LogP contribution in [-0.2, 0) is 19.4 Å². The predicted octanol–water partition coefficient (Wildman–Crippen LogP) is 2.89. The Labute approximate surface area is 137 Å². The normalized spacial score (nSPS) is 16.9. The Hall–Kier alpha value is -1.72. The minimum atomic E-state index is 0.207. The van der Waals surface area contributed by atoms with E-state index in [-0.39, 0.29) is 6.61 Å². The summed E-state index contributed by atoms with van der Waals surface area (Å²) in [4.78, 5) is 6.87. The van der Waals surface area contributed by atoms with Crippen LogP contribution in [0.25, 0.3) is 0 Å². The molecular weight excluding hydrogens is 290 g/mol. The van der Waals surface area contributed by atoms with Gasteiger partial charge >= 0.3 is 0 Å². The molecule has 0 saturated heterocycles. The molecule has 0 bridgehead atoms. The molecule has 23 heavy (non-hydrogen) atoms. The first-order chi connectivity index (χ1) is 11.3. The maximum Gasteiger partial charge on any atom is 0.226 e. The highest BCUT2D eigenvalue weighted by Gasteiger charge is 2.28. The molecule has 1 heterocycles. The molecule has 1 aromatic heterocycles. The zero-order valence-electron chi connectivity index (χ0n) is 13.7. The zero-order valence-corrected chi connectivity index (χ0v) is 13.7. The van der Waals surface area contributed by atoms with Crippen LogP contribution in [0.5, 0.6) is 0 Å². The number of aryl methyl sites for hydroxylation is 2. The molecule has 0 fully saturated rings. The van der Waals surface area contributed by atoms with Crippen LogP contribution in [0.3, 0.4) is 0 Å². The summed E-state index contributed by atoms with van der Waals surface area (Å²) in [7, 11) is 0. The summed E-state index contributed by atoms with van der Waals surface area (Å²) in [6, 6.07) is 9.03. The molecule has 0 spiro atoms. The fraction of sp³-hybridized carbons (Fsp3) is 0.556. The smallest absolute Gasteiger partial charge is 0.226 e. The summed E-state index contributed by atoms with van der Waals surface area (Å²) in [5.41, 5.74) is 2.84. The molecule has 3 rings (SSSR count). The van der Waals surface area contributed by atoms with Gasteiger partial charge in [0, 0.05) is 25.6 Å². The summed E-state index contributed by atoms with van der Waals surface area (Å²) in [5, 5.41) is 13.3. The van der Waals surface area contributed by atoms with Crippen LogP contribution in [0.4, 0.5) is 0 Å². The lowest BCUT2D eigenvalue weighted by Gasteiger charge is -2.28. The SMILES string of the molecule is CCCc1nc(CN(CCCO)C2CCc3ccccc32)no1. The number of hydrogen-bond acceptors (Lipinski definition) is 5. The quantitative estimate of drug-likeness (QED) is 0.811. The zero-order chi connectivity index (χ0) is 16.1. The largest absolute Gasteiger partial charge is 0.396 e. The molecule has 1 N–H and O–H groups in total. The lowest BCUT2D eigenvalue weighted by Crippen LogP contribution is -2.29. The Kier molecular flexibility index (Phi) is 5.41. The first-order valence-corrected chi connectivity index (χ1v) is 8.56. The Morgan fingerprint density at radius 3 is 3.04 bits per heavy atom. The highest BCUT2D eigenvalue weighted by Crippen LogP contribution is 2.36. The third kappa shape index (κ3) is 3.79. The highest BCUT2D eigenvalue weighted by molar-refractivity contribution is 5.34. The Balaban J connectivity index is 1.75. The van der Waals surface area contributed by atoms with Crippen molar-refractivity contribution in [3.05, 3.63) is 47.1 Å². The summed E-state index contributed by atoms with van der Waals surface area (Å²) in [6.45, 7) is 3.82. The summed E-state index contributed by atoms with van der Waals surface area (Å²) < 4.78 is 5.31. The number of aliphatic hydroxyl groups excluding tert-OH is 1. The van der Waals surface area contributed by atoms with E-state index < -0.39 is 0 Å². The topological polar surface area (TPSA) is 62.4 Å². The van der Waals surface area contributed by atoms with Gasteiger partial charge in [-0.3, -0.25) is 4.90 Å². The van der Waals surface area contributed by atoms with Crippen molar-refractivity contribution >= 4 is 0 Å². The van der Waals surface area contributed by atoms with E-state index in [1.165, 1.54) is 11.1 Å². The van der Waals surface area contributed by atoms with Crippen molar-refractivity contribution in [3.63, 3.8) is 0 Å². The summed E-state index contributed by atoms with van der Waals surface area (Å²) in [6.07, 6.45) is 4.83. The fourth-order valence-electron chi connectivity index (χ4n) is 3.38. The molecule has 5 nitrogen and oxygen atoms in total. The van der Waals surface area contributed by atoms with Gasteiger partial charge in [-0.15, -0.1) is 0 Å². The Bertz CT molecular complexity index is 626. The molecule has 1 aliphatic rings. The van der Waals surface area contributed by atoms with E-state index in [1.54, 1.807) is 0 Å².